The first kappa shape index (κ1) is 39.5. The third-order valence-corrected chi connectivity index (χ3v) is 12.7. The largest absolute Gasteiger partial charge is 0.344 e. The van der Waals surface area contributed by atoms with Gasteiger partial charge in [-0.1, -0.05) is 67.4 Å². The number of allylic oxidation sites excluding steroid dienone is 7. The number of rotatable bonds is 12. The van der Waals surface area contributed by atoms with Crippen LogP contribution in [0.25, 0.3) is 0 Å². The molecule has 0 bridgehead atoms. The van der Waals surface area contributed by atoms with E-state index in [9.17, 15) is 13.0 Å². The van der Waals surface area contributed by atoms with E-state index in [-0.39, 0.29) is 10.3 Å². The van der Waals surface area contributed by atoms with Crippen LogP contribution in [0, 0.1) is 0 Å². The van der Waals surface area contributed by atoms with Crippen LogP contribution in [0.3, 0.4) is 0 Å². The first-order valence-electron chi connectivity index (χ1n) is 18.9. The molecule has 0 fully saturated rings. The number of hydrogen-bond donors (Lipinski definition) is 2. The van der Waals surface area contributed by atoms with E-state index in [4.69, 9.17) is 9.59 Å². The summed E-state index contributed by atoms with van der Waals surface area (Å²) >= 11 is 0.964. The van der Waals surface area contributed by atoms with Crippen molar-refractivity contribution in [2.75, 3.05) is 22.9 Å². The van der Waals surface area contributed by atoms with Crippen LogP contribution >= 0.6 is 12.0 Å². The van der Waals surface area contributed by atoms with Crippen molar-refractivity contribution in [3.63, 3.8) is 0 Å². The zero-order chi connectivity index (χ0) is 39.8. The molecule has 56 heavy (non-hydrogen) atoms. The SMILES string of the molecule is CCN1C(=CC=C2CCC(C=CC3=[N+](CC)c4ccc(SOOO)cc4C3(C)C)=C2N(c2ccccc2)c2ccccc2)C(C)(C)c2cc(S(=O)(=O)O)ccc21. The minimum atomic E-state index is -4.35. The Morgan fingerprint density at radius 1 is 0.839 bits per heavy atom. The Labute approximate surface area is 334 Å². The summed E-state index contributed by atoms with van der Waals surface area (Å²) in [5.41, 5.74) is 11.1. The average Bonchev–Trinajstić information content (AvgIpc) is 3.76. The fourth-order valence-electron chi connectivity index (χ4n) is 8.50. The number of fused-ring (bicyclic) bond motifs is 2. The Hall–Kier alpha value is -4.75. The highest BCUT2D eigenvalue weighted by Gasteiger charge is 2.44. The summed E-state index contributed by atoms with van der Waals surface area (Å²) < 4.78 is 41.3. The van der Waals surface area contributed by atoms with E-state index in [0.717, 1.165) is 81.6 Å². The molecule has 0 saturated heterocycles. The van der Waals surface area contributed by atoms with Gasteiger partial charge in [0.15, 0.2) is 5.71 Å². The lowest BCUT2D eigenvalue weighted by atomic mass is 9.81. The molecule has 0 amide bonds. The van der Waals surface area contributed by atoms with Crippen LogP contribution in [0.1, 0.15) is 65.5 Å². The van der Waals surface area contributed by atoms with Gasteiger partial charge < -0.3 is 9.80 Å². The van der Waals surface area contributed by atoms with Crippen molar-refractivity contribution in [3.8, 4) is 0 Å². The van der Waals surface area contributed by atoms with E-state index in [0.29, 0.717) is 6.54 Å². The zero-order valence-electron chi connectivity index (χ0n) is 32.6. The van der Waals surface area contributed by atoms with Crippen LogP contribution in [0.5, 0.6) is 0 Å². The highest BCUT2D eigenvalue weighted by Crippen LogP contribution is 2.49. The molecule has 0 aromatic heterocycles. The second-order valence-corrected chi connectivity index (χ2v) is 17.3. The number of anilines is 3. The maximum Gasteiger partial charge on any atom is 0.294 e. The molecule has 7 rings (SSSR count). The molecule has 3 aliphatic rings. The molecule has 2 aliphatic heterocycles. The molecule has 4 aromatic rings. The molecule has 290 valence electrons. The fraction of sp³-hybridized carbons (Fsp3) is 0.267. The molecule has 0 saturated carbocycles. The van der Waals surface area contributed by atoms with Gasteiger partial charge in [-0.25, -0.2) is 5.26 Å². The van der Waals surface area contributed by atoms with Crippen molar-refractivity contribution in [1.29, 1.82) is 0 Å². The minimum Gasteiger partial charge on any atom is -0.344 e. The molecule has 2 N–H and O–H groups in total. The van der Waals surface area contributed by atoms with Gasteiger partial charge in [-0.05, 0) is 118 Å². The van der Waals surface area contributed by atoms with Crippen LogP contribution < -0.4 is 9.80 Å². The van der Waals surface area contributed by atoms with Crippen LogP contribution in [0.2, 0.25) is 0 Å². The van der Waals surface area contributed by atoms with Crippen LogP contribution in [0.15, 0.2) is 154 Å². The molecular weight excluding hydrogens is 743 g/mol. The number of para-hydroxylation sites is 2. The number of likely N-dealkylation sites (N-methyl/N-ethyl adjacent to an activating group) is 1. The van der Waals surface area contributed by atoms with Gasteiger partial charge in [0, 0.05) is 57.3 Å². The standard InChI is InChI=1S/C45H47N3O6S2/c1-7-46-39-25-23-35(55-54-53-49)29-37(39)44(3,4)41(46)27-21-31-19-20-32(43(31)48(33-15-11-9-12-16-33)34-17-13-10-14-18-34)22-28-42-45(5,6)38-30-36(56(50,51)52)24-26-40(38)47(42)8-2/h9-18,21-30H,7-8,19-20H2,1-6H3,(H-,49,50,51,52)/p+1. The molecule has 1 aliphatic carbocycles. The summed E-state index contributed by atoms with van der Waals surface area (Å²) in [5.74, 6) is 0. The van der Waals surface area contributed by atoms with E-state index >= 15 is 0 Å². The highest BCUT2D eigenvalue weighted by molar-refractivity contribution is 7.94. The number of hydrogen-bond acceptors (Lipinski definition) is 8. The Balaban J connectivity index is 1.37. The first-order chi connectivity index (χ1) is 26.8. The van der Waals surface area contributed by atoms with Crippen molar-refractivity contribution in [2.24, 2.45) is 0 Å². The number of nitrogens with zero attached hydrogens (tertiary/aromatic N) is 3. The Morgan fingerprint density at radius 2 is 1.52 bits per heavy atom. The molecule has 0 atom stereocenters. The monoisotopic (exact) mass is 790 g/mol. The van der Waals surface area contributed by atoms with Gasteiger partial charge in [0.1, 0.15) is 6.54 Å². The Bertz CT molecular complexity index is 2380. The lowest BCUT2D eigenvalue weighted by molar-refractivity contribution is -0.433. The summed E-state index contributed by atoms with van der Waals surface area (Å²) in [4.78, 5) is 5.31. The van der Waals surface area contributed by atoms with Crippen LogP contribution in [0.4, 0.5) is 22.7 Å². The second-order valence-electron chi connectivity index (χ2n) is 15.1. The molecule has 4 aromatic carbocycles. The van der Waals surface area contributed by atoms with Crippen molar-refractivity contribution in [2.45, 2.75) is 75.0 Å². The van der Waals surface area contributed by atoms with Crippen molar-refractivity contribution >= 4 is 50.6 Å². The van der Waals surface area contributed by atoms with Gasteiger partial charge in [-0.3, -0.25) is 4.55 Å². The first-order valence-corrected chi connectivity index (χ1v) is 21.1. The van der Waals surface area contributed by atoms with Crippen LogP contribution in [-0.4, -0.2) is 41.6 Å². The molecule has 0 radical (unpaired) electrons. The second kappa shape index (κ2) is 15.7. The zero-order valence-corrected chi connectivity index (χ0v) is 34.2. The summed E-state index contributed by atoms with van der Waals surface area (Å²) in [6.45, 7) is 14.4. The van der Waals surface area contributed by atoms with E-state index < -0.39 is 15.5 Å². The van der Waals surface area contributed by atoms with E-state index in [2.05, 4.69) is 146 Å². The van der Waals surface area contributed by atoms with E-state index in [1.807, 2.05) is 18.2 Å². The topological polar surface area (TPSA) is 103 Å². The quantitative estimate of drug-likeness (QED) is 0.0477. The smallest absolute Gasteiger partial charge is 0.294 e. The maximum absolute atomic E-state index is 12.1. The maximum atomic E-state index is 12.1. The van der Waals surface area contributed by atoms with Gasteiger partial charge >= 0.3 is 0 Å². The third kappa shape index (κ3) is 7.19. The number of benzene rings is 4. The summed E-state index contributed by atoms with van der Waals surface area (Å²) in [6.07, 6.45) is 10.7. The lowest BCUT2D eigenvalue weighted by Gasteiger charge is -2.29. The Kier molecular flexibility index (Phi) is 11.0. The Morgan fingerprint density at radius 3 is 2.12 bits per heavy atom. The molecule has 9 nitrogen and oxygen atoms in total. The summed E-state index contributed by atoms with van der Waals surface area (Å²) in [7, 11) is -4.35. The van der Waals surface area contributed by atoms with Gasteiger partial charge in [0.05, 0.1) is 28.1 Å². The molecule has 0 spiro atoms. The molecule has 0 unspecified atom stereocenters. The van der Waals surface area contributed by atoms with Gasteiger partial charge in [-0.2, -0.15) is 13.0 Å². The third-order valence-electron chi connectivity index (χ3n) is 11.2. The van der Waals surface area contributed by atoms with Crippen molar-refractivity contribution in [3.05, 3.63) is 155 Å². The summed E-state index contributed by atoms with van der Waals surface area (Å²) in [6, 6.07) is 31.9. The van der Waals surface area contributed by atoms with Gasteiger partial charge in [0.2, 0.25) is 5.69 Å². The molecule has 11 heteroatoms. The van der Waals surface area contributed by atoms with Crippen molar-refractivity contribution < 1.29 is 32.2 Å². The van der Waals surface area contributed by atoms with E-state index in [1.54, 1.807) is 12.1 Å². The van der Waals surface area contributed by atoms with Crippen LogP contribution in [-0.2, 0) is 30.3 Å². The van der Waals surface area contributed by atoms with Gasteiger partial charge in [0.25, 0.3) is 10.1 Å². The highest BCUT2D eigenvalue weighted by atomic mass is 32.2. The van der Waals surface area contributed by atoms with E-state index in [1.165, 1.54) is 22.9 Å². The molecule has 2 heterocycles. The molecular formula is C45H48N3O6S2+. The normalized spacial score (nSPS) is 18.8. The lowest BCUT2D eigenvalue weighted by Crippen LogP contribution is -2.27. The predicted octanol–water partition coefficient (Wildman–Crippen LogP) is 10.8. The van der Waals surface area contributed by atoms with Gasteiger partial charge in [-0.15, -0.1) is 4.33 Å². The average molecular weight is 791 g/mol. The fourth-order valence-corrected chi connectivity index (χ4v) is 9.41. The minimum absolute atomic E-state index is 0.100. The van der Waals surface area contributed by atoms with Crippen molar-refractivity contribution in [1.82, 2.24) is 0 Å². The summed E-state index contributed by atoms with van der Waals surface area (Å²) in [5, 5.41) is 12.6. The predicted molar refractivity (Wildman–Crippen MR) is 224 cm³/mol.